The van der Waals surface area contributed by atoms with E-state index in [0.717, 1.165) is 22.6 Å². The predicted molar refractivity (Wildman–Crippen MR) is 111 cm³/mol. The summed E-state index contributed by atoms with van der Waals surface area (Å²) in [5.74, 6) is 0.553. The molecule has 4 rings (SSSR count). The van der Waals surface area contributed by atoms with E-state index in [1.807, 2.05) is 37.3 Å². The zero-order valence-electron chi connectivity index (χ0n) is 16.3. The van der Waals surface area contributed by atoms with Gasteiger partial charge >= 0.3 is 6.03 Å². The van der Waals surface area contributed by atoms with Crippen LogP contribution in [0.2, 0.25) is 0 Å². The average Bonchev–Trinajstić information content (AvgIpc) is 3.28. The first-order chi connectivity index (χ1) is 14.0. The van der Waals surface area contributed by atoms with Crippen LogP contribution in [0.25, 0.3) is 22.5 Å². The Kier molecular flexibility index (Phi) is 4.64. The molecule has 1 aromatic heterocycles. The SMILES string of the molecule is C/C=C(\C)NC(=O)Nc1cccc2c1C(=O)c1c(-c3ccc(OC)cc3)n[nH]c1-2. The maximum absolute atomic E-state index is 13.3. The molecule has 7 heteroatoms. The molecule has 0 spiro atoms. The second kappa shape index (κ2) is 7.27. The molecule has 0 atom stereocenters. The van der Waals surface area contributed by atoms with Crippen LogP contribution in [-0.4, -0.2) is 29.1 Å². The van der Waals surface area contributed by atoms with Gasteiger partial charge in [0.1, 0.15) is 11.4 Å². The van der Waals surface area contributed by atoms with Crippen molar-refractivity contribution in [2.45, 2.75) is 13.8 Å². The number of aromatic nitrogens is 2. The van der Waals surface area contributed by atoms with Gasteiger partial charge in [-0.25, -0.2) is 4.79 Å². The number of methoxy groups -OCH3 is 1. The van der Waals surface area contributed by atoms with Crippen molar-refractivity contribution in [3.63, 3.8) is 0 Å². The predicted octanol–water partition coefficient (Wildman–Crippen LogP) is 4.34. The second-order valence-corrected chi connectivity index (χ2v) is 6.66. The van der Waals surface area contributed by atoms with Gasteiger partial charge in [0.05, 0.1) is 29.6 Å². The van der Waals surface area contributed by atoms with Gasteiger partial charge < -0.3 is 15.4 Å². The van der Waals surface area contributed by atoms with Crippen molar-refractivity contribution in [3.05, 3.63) is 65.4 Å². The number of nitrogens with zero attached hydrogens (tertiary/aromatic N) is 1. The Morgan fingerprint density at radius 3 is 2.59 bits per heavy atom. The summed E-state index contributed by atoms with van der Waals surface area (Å²) in [5.41, 5.74) is 4.90. The van der Waals surface area contributed by atoms with Gasteiger partial charge in [-0.3, -0.25) is 9.89 Å². The first-order valence-corrected chi connectivity index (χ1v) is 9.15. The van der Waals surface area contributed by atoms with Gasteiger partial charge in [-0.05, 0) is 44.2 Å². The number of allylic oxidation sites excluding steroid dienone is 2. The molecule has 0 unspecified atom stereocenters. The summed E-state index contributed by atoms with van der Waals surface area (Å²) in [4.78, 5) is 25.5. The van der Waals surface area contributed by atoms with E-state index in [-0.39, 0.29) is 5.78 Å². The summed E-state index contributed by atoms with van der Waals surface area (Å²) >= 11 is 0. The van der Waals surface area contributed by atoms with Crippen molar-refractivity contribution in [1.29, 1.82) is 0 Å². The molecule has 29 heavy (non-hydrogen) atoms. The fourth-order valence-electron chi connectivity index (χ4n) is 3.35. The van der Waals surface area contributed by atoms with Crippen LogP contribution in [0.4, 0.5) is 10.5 Å². The number of nitrogens with one attached hydrogen (secondary N) is 3. The van der Waals surface area contributed by atoms with E-state index in [4.69, 9.17) is 4.74 Å². The number of rotatable bonds is 4. The third-order valence-electron chi connectivity index (χ3n) is 4.91. The molecule has 1 aliphatic rings. The third kappa shape index (κ3) is 3.16. The van der Waals surface area contributed by atoms with Crippen LogP contribution in [0.1, 0.15) is 29.8 Å². The fourth-order valence-corrected chi connectivity index (χ4v) is 3.35. The number of anilines is 1. The number of H-pyrrole nitrogens is 1. The summed E-state index contributed by atoms with van der Waals surface area (Å²) in [6, 6.07) is 12.3. The largest absolute Gasteiger partial charge is 0.497 e. The smallest absolute Gasteiger partial charge is 0.323 e. The molecule has 0 aliphatic heterocycles. The molecule has 1 heterocycles. The number of amides is 2. The van der Waals surface area contributed by atoms with Crippen LogP contribution in [0.5, 0.6) is 5.75 Å². The Labute approximate surface area is 167 Å². The average molecular weight is 388 g/mol. The zero-order chi connectivity index (χ0) is 20.5. The van der Waals surface area contributed by atoms with E-state index in [1.54, 1.807) is 32.2 Å². The van der Waals surface area contributed by atoms with E-state index >= 15 is 0 Å². The van der Waals surface area contributed by atoms with Gasteiger partial charge in [0.25, 0.3) is 0 Å². The van der Waals surface area contributed by atoms with Gasteiger partial charge in [0.15, 0.2) is 5.78 Å². The number of carbonyl (C=O) groups excluding carboxylic acids is 2. The molecule has 7 nitrogen and oxygen atoms in total. The zero-order valence-corrected chi connectivity index (χ0v) is 16.3. The first-order valence-electron chi connectivity index (χ1n) is 9.15. The number of hydrogen-bond donors (Lipinski definition) is 3. The fraction of sp³-hybridized carbons (Fsp3) is 0.136. The third-order valence-corrected chi connectivity index (χ3v) is 4.91. The van der Waals surface area contributed by atoms with Crippen LogP contribution in [0.3, 0.4) is 0 Å². The number of carbonyl (C=O) groups is 2. The maximum Gasteiger partial charge on any atom is 0.323 e. The van der Waals surface area contributed by atoms with Crippen LogP contribution in [0, 0.1) is 0 Å². The molecule has 3 aromatic rings. The topological polar surface area (TPSA) is 96.1 Å². The van der Waals surface area contributed by atoms with Gasteiger partial charge in [0.2, 0.25) is 0 Å². The number of fused-ring (bicyclic) bond motifs is 3. The highest BCUT2D eigenvalue weighted by atomic mass is 16.5. The van der Waals surface area contributed by atoms with Crippen molar-refractivity contribution in [1.82, 2.24) is 15.5 Å². The maximum atomic E-state index is 13.3. The standard InChI is InChI=1S/C22H20N4O3/c1-4-12(2)23-22(28)24-16-7-5-6-15-17(16)21(27)18-19(25-26-20(15)18)13-8-10-14(29-3)11-9-13/h4-11H,1-3H3,(H,25,26)(H2,23,24,28)/b12-4+. The molecule has 2 aromatic carbocycles. The summed E-state index contributed by atoms with van der Waals surface area (Å²) in [7, 11) is 1.60. The quantitative estimate of drug-likeness (QED) is 0.484. The second-order valence-electron chi connectivity index (χ2n) is 6.66. The summed E-state index contributed by atoms with van der Waals surface area (Å²) in [6.45, 7) is 3.62. The van der Waals surface area contributed by atoms with Crippen LogP contribution in [-0.2, 0) is 0 Å². The molecule has 2 amide bonds. The molecular weight excluding hydrogens is 368 g/mol. The van der Waals surface area contributed by atoms with Crippen molar-refractivity contribution in [2.24, 2.45) is 0 Å². The molecule has 3 N–H and O–H groups in total. The minimum atomic E-state index is -0.397. The highest BCUT2D eigenvalue weighted by molar-refractivity contribution is 6.26. The Morgan fingerprint density at radius 1 is 1.14 bits per heavy atom. The molecular formula is C22H20N4O3. The Hall–Kier alpha value is -3.87. The number of benzene rings is 2. The van der Waals surface area contributed by atoms with Gasteiger partial charge in [-0.2, -0.15) is 5.10 Å². The van der Waals surface area contributed by atoms with E-state index in [2.05, 4.69) is 20.8 Å². The molecule has 0 saturated heterocycles. The van der Waals surface area contributed by atoms with Crippen LogP contribution >= 0.6 is 0 Å². The van der Waals surface area contributed by atoms with E-state index in [1.165, 1.54) is 0 Å². The molecule has 0 fully saturated rings. The monoisotopic (exact) mass is 388 g/mol. The summed E-state index contributed by atoms with van der Waals surface area (Å²) in [5, 5.41) is 12.8. The minimum absolute atomic E-state index is 0.173. The summed E-state index contributed by atoms with van der Waals surface area (Å²) in [6.07, 6.45) is 1.79. The lowest BCUT2D eigenvalue weighted by molar-refractivity contribution is 0.104. The number of urea groups is 1. The van der Waals surface area contributed by atoms with Crippen LogP contribution in [0.15, 0.2) is 54.2 Å². The molecule has 0 radical (unpaired) electrons. The van der Waals surface area contributed by atoms with Gasteiger partial charge in [0, 0.05) is 16.8 Å². The van der Waals surface area contributed by atoms with E-state index in [9.17, 15) is 9.59 Å². The molecule has 0 saturated carbocycles. The first kappa shape index (κ1) is 18.5. The van der Waals surface area contributed by atoms with Crippen molar-refractivity contribution < 1.29 is 14.3 Å². The van der Waals surface area contributed by atoms with Crippen molar-refractivity contribution in [3.8, 4) is 28.3 Å². The van der Waals surface area contributed by atoms with E-state index in [0.29, 0.717) is 28.2 Å². The minimum Gasteiger partial charge on any atom is -0.497 e. The lowest BCUT2D eigenvalue weighted by Gasteiger charge is -2.11. The van der Waals surface area contributed by atoms with Crippen molar-refractivity contribution in [2.75, 3.05) is 12.4 Å². The van der Waals surface area contributed by atoms with E-state index < -0.39 is 6.03 Å². The number of hydrogen-bond acceptors (Lipinski definition) is 4. The summed E-state index contributed by atoms with van der Waals surface area (Å²) < 4.78 is 5.19. The lowest BCUT2D eigenvalue weighted by atomic mass is 10.0. The van der Waals surface area contributed by atoms with Crippen LogP contribution < -0.4 is 15.4 Å². The molecule has 0 bridgehead atoms. The highest BCUT2D eigenvalue weighted by Crippen LogP contribution is 2.43. The normalized spacial score (nSPS) is 12.4. The van der Waals surface area contributed by atoms with Gasteiger partial charge in [-0.1, -0.05) is 18.2 Å². The van der Waals surface area contributed by atoms with Crippen molar-refractivity contribution >= 4 is 17.5 Å². The number of ether oxygens (including phenoxy) is 1. The lowest BCUT2D eigenvalue weighted by Crippen LogP contribution is -2.27. The molecule has 1 aliphatic carbocycles. The Morgan fingerprint density at radius 2 is 1.90 bits per heavy atom. The molecule has 146 valence electrons. The highest BCUT2D eigenvalue weighted by Gasteiger charge is 2.34. The Balaban J connectivity index is 1.71. The number of ketones is 1. The number of aromatic amines is 1. The van der Waals surface area contributed by atoms with Gasteiger partial charge in [-0.15, -0.1) is 0 Å². The Bertz CT molecular complexity index is 1140.